The van der Waals surface area contributed by atoms with Crippen LogP contribution in [0.3, 0.4) is 0 Å². The SMILES string of the molecule is C=C1CCCC[C@@H]1NC(CC/C=C\C=C/C)NCCl. The third-order valence-corrected chi connectivity index (χ3v) is 3.68. The Kier molecular flexibility index (Phi) is 8.89. The molecule has 0 heterocycles. The maximum Gasteiger partial charge on any atom is 0.0725 e. The molecule has 0 aromatic carbocycles. The van der Waals surface area contributed by atoms with E-state index < -0.39 is 0 Å². The van der Waals surface area contributed by atoms with E-state index >= 15 is 0 Å². The van der Waals surface area contributed by atoms with Crippen molar-refractivity contribution in [2.24, 2.45) is 0 Å². The van der Waals surface area contributed by atoms with E-state index in [0.717, 1.165) is 19.3 Å². The number of rotatable bonds is 8. The molecule has 0 spiro atoms. The average Bonchev–Trinajstić information content (AvgIpc) is 2.41. The molecule has 2 atom stereocenters. The van der Waals surface area contributed by atoms with Crippen LogP contribution in [0.2, 0.25) is 0 Å². The molecule has 0 aromatic rings. The van der Waals surface area contributed by atoms with Crippen molar-refractivity contribution in [1.29, 1.82) is 0 Å². The predicted octanol–water partition coefficient (Wildman–Crippen LogP) is 4.10. The fourth-order valence-corrected chi connectivity index (χ4v) is 2.60. The normalized spacial score (nSPS) is 22.4. The molecule has 0 bridgehead atoms. The molecule has 0 aromatic heterocycles. The van der Waals surface area contributed by atoms with E-state index in [4.69, 9.17) is 11.6 Å². The standard InChI is InChI=1S/C16H27ClN2/c1-3-4-5-6-7-12-16(18-13-17)19-15-11-9-8-10-14(15)2/h3-6,15-16,18-19H,2,7-13H2,1H3/b4-3-,6-5-/t15-,16?/m0/s1. The molecule has 1 saturated carbocycles. The van der Waals surface area contributed by atoms with Gasteiger partial charge in [0, 0.05) is 6.04 Å². The maximum absolute atomic E-state index is 5.81. The van der Waals surface area contributed by atoms with E-state index in [1.165, 1.54) is 24.8 Å². The summed E-state index contributed by atoms with van der Waals surface area (Å²) in [6.45, 7) is 6.21. The summed E-state index contributed by atoms with van der Waals surface area (Å²) in [6.07, 6.45) is 15.7. The zero-order chi connectivity index (χ0) is 13.9. The first-order valence-electron chi connectivity index (χ1n) is 7.28. The summed E-state index contributed by atoms with van der Waals surface area (Å²) in [5, 5.41) is 6.95. The summed E-state index contributed by atoms with van der Waals surface area (Å²) in [4.78, 5) is 0. The van der Waals surface area contributed by atoms with E-state index in [9.17, 15) is 0 Å². The Bertz CT molecular complexity index is 310. The average molecular weight is 283 g/mol. The smallest absolute Gasteiger partial charge is 0.0725 e. The number of nitrogens with one attached hydrogen (secondary N) is 2. The summed E-state index contributed by atoms with van der Waals surface area (Å²) in [6, 6.07) is 0.934. The fraction of sp³-hybridized carbons (Fsp3) is 0.625. The van der Waals surface area contributed by atoms with Crippen molar-refractivity contribution < 1.29 is 0 Å². The van der Waals surface area contributed by atoms with E-state index in [2.05, 4.69) is 35.4 Å². The van der Waals surface area contributed by atoms with E-state index in [1.54, 1.807) is 0 Å². The van der Waals surface area contributed by atoms with Crippen molar-refractivity contribution in [2.75, 3.05) is 6.00 Å². The van der Waals surface area contributed by atoms with Gasteiger partial charge in [-0.15, -0.1) is 11.6 Å². The van der Waals surface area contributed by atoms with Crippen LogP contribution in [0, 0.1) is 0 Å². The first-order valence-corrected chi connectivity index (χ1v) is 7.82. The molecule has 0 radical (unpaired) electrons. The lowest BCUT2D eigenvalue weighted by molar-refractivity contribution is 0.353. The Morgan fingerprint density at radius 2 is 2.26 bits per heavy atom. The van der Waals surface area contributed by atoms with Gasteiger partial charge in [0.25, 0.3) is 0 Å². The predicted molar refractivity (Wildman–Crippen MR) is 85.4 cm³/mol. The third-order valence-electron chi connectivity index (χ3n) is 3.52. The lowest BCUT2D eigenvalue weighted by Gasteiger charge is -2.30. The lowest BCUT2D eigenvalue weighted by atomic mass is 9.91. The van der Waals surface area contributed by atoms with Gasteiger partial charge < -0.3 is 0 Å². The lowest BCUT2D eigenvalue weighted by Crippen LogP contribution is -2.48. The fourth-order valence-electron chi connectivity index (χ4n) is 2.41. The molecule has 2 N–H and O–H groups in total. The van der Waals surface area contributed by atoms with Crippen LogP contribution in [0.15, 0.2) is 36.5 Å². The summed E-state index contributed by atoms with van der Waals surface area (Å²) in [5.74, 6) is 0. The molecular formula is C16H27ClN2. The molecule has 2 nitrogen and oxygen atoms in total. The number of allylic oxidation sites excluding steroid dienone is 4. The van der Waals surface area contributed by atoms with Gasteiger partial charge in [-0.25, -0.2) is 0 Å². The highest BCUT2D eigenvalue weighted by molar-refractivity contribution is 6.17. The quantitative estimate of drug-likeness (QED) is 0.230. The van der Waals surface area contributed by atoms with Crippen LogP contribution in [0.5, 0.6) is 0 Å². The zero-order valence-electron chi connectivity index (χ0n) is 12.0. The monoisotopic (exact) mass is 282 g/mol. The van der Waals surface area contributed by atoms with Crippen LogP contribution in [0.1, 0.15) is 45.4 Å². The second kappa shape index (κ2) is 10.2. The minimum Gasteiger partial charge on any atom is -0.295 e. The molecule has 1 unspecified atom stereocenters. The molecule has 0 aliphatic heterocycles. The molecule has 1 fully saturated rings. The van der Waals surface area contributed by atoms with Gasteiger partial charge in [0.1, 0.15) is 0 Å². The molecular weight excluding hydrogens is 256 g/mol. The van der Waals surface area contributed by atoms with Crippen LogP contribution in [0.25, 0.3) is 0 Å². The van der Waals surface area contributed by atoms with Crippen molar-refractivity contribution in [3.8, 4) is 0 Å². The van der Waals surface area contributed by atoms with Gasteiger partial charge in [0.2, 0.25) is 0 Å². The Balaban J connectivity index is 2.36. The van der Waals surface area contributed by atoms with E-state index in [-0.39, 0.29) is 6.17 Å². The molecule has 1 aliphatic rings. The molecule has 1 rings (SSSR count). The highest BCUT2D eigenvalue weighted by atomic mass is 35.5. The first-order chi connectivity index (χ1) is 9.27. The van der Waals surface area contributed by atoms with E-state index in [1.807, 2.05) is 13.0 Å². The third kappa shape index (κ3) is 6.95. The van der Waals surface area contributed by atoms with E-state index in [0.29, 0.717) is 12.0 Å². The van der Waals surface area contributed by atoms with Crippen LogP contribution in [-0.4, -0.2) is 18.2 Å². The Morgan fingerprint density at radius 1 is 1.42 bits per heavy atom. The summed E-state index contributed by atoms with van der Waals surface area (Å²) in [5.41, 5.74) is 1.34. The molecule has 1 aliphatic carbocycles. The van der Waals surface area contributed by atoms with Crippen molar-refractivity contribution in [3.05, 3.63) is 36.5 Å². The van der Waals surface area contributed by atoms with Gasteiger partial charge in [-0.05, 0) is 39.0 Å². The van der Waals surface area contributed by atoms with Crippen molar-refractivity contribution >= 4 is 11.6 Å². The van der Waals surface area contributed by atoms with Gasteiger partial charge >= 0.3 is 0 Å². The van der Waals surface area contributed by atoms with Crippen LogP contribution >= 0.6 is 11.6 Å². The second-order valence-corrected chi connectivity index (χ2v) is 5.31. The van der Waals surface area contributed by atoms with Gasteiger partial charge in [-0.1, -0.05) is 42.9 Å². The van der Waals surface area contributed by atoms with Gasteiger partial charge in [-0.2, -0.15) is 0 Å². The highest BCUT2D eigenvalue weighted by Gasteiger charge is 2.19. The number of alkyl halides is 1. The number of halogens is 1. The minimum absolute atomic E-state index is 0.271. The highest BCUT2D eigenvalue weighted by Crippen LogP contribution is 2.22. The van der Waals surface area contributed by atoms with Crippen molar-refractivity contribution in [2.45, 2.75) is 57.7 Å². The maximum atomic E-state index is 5.81. The van der Waals surface area contributed by atoms with Crippen LogP contribution < -0.4 is 10.6 Å². The summed E-state index contributed by atoms with van der Waals surface area (Å²) >= 11 is 5.81. The van der Waals surface area contributed by atoms with Crippen molar-refractivity contribution in [3.63, 3.8) is 0 Å². The van der Waals surface area contributed by atoms with Crippen LogP contribution in [-0.2, 0) is 0 Å². The first kappa shape index (κ1) is 16.5. The molecule has 0 saturated heterocycles. The molecule has 19 heavy (non-hydrogen) atoms. The minimum atomic E-state index is 0.271. The van der Waals surface area contributed by atoms with Gasteiger partial charge in [0.15, 0.2) is 0 Å². The van der Waals surface area contributed by atoms with Crippen molar-refractivity contribution in [1.82, 2.24) is 10.6 Å². The van der Waals surface area contributed by atoms with Gasteiger partial charge in [-0.3, -0.25) is 10.6 Å². The largest absolute Gasteiger partial charge is 0.295 e. The molecule has 0 amide bonds. The van der Waals surface area contributed by atoms with Crippen LogP contribution in [0.4, 0.5) is 0 Å². The Morgan fingerprint density at radius 3 is 2.95 bits per heavy atom. The number of hydrogen-bond donors (Lipinski definition) is 2. The summed E-state index contributed by atoms with van der Waals surface area (Å²) in [7, 11) is 0. The molecule has 3 heteroatoms. The topological polar surface area (TPSA) is 24.1 Å². The Hall–Kier alpha value is -0.570. The molecule has 108 valence electrons. The van der Waals surface area contributed by atoms with Gasteiger partial charge in [0.05, 0.1) is 12.2 Å². The number of hydrogen-bond acceptors (Lipinski definition) is 2. The Labute approximate surface area is 123 Å². The second-order valence-electron chi connectivity index (χ2n) is 5.04. The summed E-state index contributed by atoms with van der Waals surface area (Å²) < 4.78 is 0. The zero-order valence-corrected chi connectivity index (χ0v) is 12.8.